The summed E-state index contributed by atoms with van der Waals surface area (Å²) in [7, 11) is 5.77. The third kappa shape index (κ3) is 3.95. The number of nitrogens with one attached hydrogen (secondary N) is 1. The molecule has 0 fully saturated rings. The molecule has 1 N–H and O–H groups in total. The lowest BCUT2D eigenvalue weighted by Gasteiger charge is -2.25. The van der Waals surface area contributed by atoms with Gasteiger partial charge in [-0.3, -0.25) is 0 Å². The molecule has 3 rings (SSSR count). The highest BCUT2D eigenvalue weighted by molar-refractivity contribution is 5.39. The number of tetrazole rings is 1. The number of likely N-dealkylation sites (N-methyl/N-ethyl adjacent to an activating group) is 1. The molecule has 0 spiro atoms. The summed E-state index contributed by atoms with van der Waals surface area (Å²) in [6.07, 6.45) is 0. The lowest BCUT2D eigenvalue weighted by atomic mass is 10.1. The first-order valence-corrected chi connectivity index (χ1v) is 8.07. The Bertz CT molecular complexity index is 802. The molecule has 1 atom stereocenters. The van der Waals surface area contributed by atoms with Gasteiger partial charge in [-0.05, 0) is 54.4 Å². The molecule has 0 saturated carbocycles. The zero-order valence-corrected chi connectivity index (χ0v) is 14.6. The molecule has 7 nitrogen and oxygen atoms in total. The summed E-state index contributed by atoms with van der Waals surface area (Å²) in [5.41, 5.74) is 2.08. The summed E-state index contributed by atoms with van der Waals surface area (Å²) in [4.78, 5) is 2.15. The SMILES string of the molecule is COc1cccc([C@@H](CNc2nnnn2-c2ccccc2)N(C)C)c1. The summed E-state index contributed by atoms with van der Waals surface area (Å²) in [6, 6.07) is 18.0. The van der Waals surface area contributed by atoms with Gasteiger partial charge in [0.1, 0.15) is 5.75 Å². The van der Waals surface area contributed by atoms with Crippen molar-refractivity contribution in [3.05, 3.63) is 60.2 Å². The first kappa shape index (κ1) is 16.9. The average molecular weight is 338 g/mol. The first-order valence-electron chi connectivity index (χ1n) is 8.07. The Balaban J connectivity index is 1.78. The lowest BCUT2D eigenvalue weighted by molar-refractivity contribution is 0.310. The Morgan fingerprint density at radius 2 is 1.92 bits per heavy atom. The van der Waals surface area contributed by atoms with E-state index in [4.69, 9.17) is 4.74 Å². The summed E-state index contributed by atoms with van der Waals surface area (Å²) in [6.45, 7) is 0.660. The maximum atomic E-state index is 5.34. The van der Waals surface area contributed by atoms with Crippen LogP contribution in [-0.4, -0.2) is 52.9 Å². The van der Waals surface area contributed by atoms with Gasteiger partial charge in [0.2, 0.25) is 5.95 Å². The molecule has 0 aliphatic rings. The van der Waals surface area contributed by atoms with E-state index in [1.807, 2.05) is 62.6 Å². The molecule has 0 bridgehead atoms. The van der Waals surface area contributed by atoms with E-state index in [1.165, 1.54) is 0 Å². The second-order valence-electron chi connectivity index (χ2n) is 5.89. The number of hydrogen-bond donors (Lipinski definition) is 1. The van der Waals surface area contributed by atoms with Crippen molar-refractivity contribution in [3.63, 3.8) is 0 Å². The smallest absolute Gasteiger partial charge is 0.247 e. The monoisotopic (exact) mass is 338 g/mol. The van der Waals surface area contributed by atoms with Crippen LogP contribution >= 0.6 is 0 Å². The predicted molar refractivity (Wildman–Crippen MR) is 97.1 cm³/mol. The van der Waals surface area contributed by atoms with Crippen molar-refractivity contribution in [1.29, 1.82) is 0 Å². The van der Waals surface area contributed by atoms with Crippen molar-refractivity contribution in [2.24, 2.45) is 0 Å². The van der Waals surface area contributed by atoms with Crippen molar-refractivity contribution in [2.75, 3.05) is 33.1 Å². The van der Waals surface area contributed by atoms with Gasteiger partial charge in [-0.1, -0.05) is 35.4 Å². The molecule has 2 aromatic carbocycles. The number of ether oxygens (including phenoxy) is 1. The number of aromatic nitrogens is 4. The fourth-order valence-corrected chi connectivity index (χ4v) is 2.68. The molecule has 0 amide bonds. The topological polar surface area (TPSA) is 68.1 Å². The summed E-state index contributed by atoms with van der Waals surface area (Å²) < 4.78 is 7.03. The van der Waals surface area contributed by atoms with Crippen molar-refractivity contribution in [2.45, 2.75) is 6.04 Å². The number of rotatable bonds is 7. The number of nitrogens with zero attached hydrogens (tertiary/aromatic N) is 5. The van der Waals surface area contributed by atoms with Crippen LogP contribution < -0.4 is 10.1 Å². The molecule has 0 saturated heterocycles. The van der Waals surface area contributed by atoms with Crippen LogP contribution in [0.2, 0.25) is 0 Å². The summed E-state index contributed by atoms with van der Waals surface area (Å²) in [5.74, 6) is 1.46. The van der Waals surface area contributed by atoms with E-state index in [0.29, 0.717) is 12.5 Å². The van der Waals surface area contributed by atoms with E-state index < -0.39 is 0 Å². The van der Waals surface area contributed by atoms with Gasteiger partial charge < -0.3 is 15.0 Å². The molecular weight excluding hydrogens is 316 g/mol. The van der Waals surface area contributed by atoms with E-state index in [9.17, 15) is 0 Å². The maximum absolute atomic E-state index is 5.34. The van der Waals surface area contributed by atoms with Crippen molar-refractivity contribution < 1.29 is 4.74 Å². The standard InChI is InChI=1S/C18H22N6O/c1-23(2)17(14-8-7-11-16(12-14)25-3)13-19-18-20-21-22-24(18)15-9-5-4-6-10-15/h4-12,17H,13H2,1-3H3,(H,19,20,22)/t17-/m1/s1. The largest absolute Gasteiger partial charge is 0.497 e. The van der Waals surface area contributed by atoms with E-state index in [1.54, 1.807) is 11.8 Å². The Kier molecular flexibility index (Phi) is 5.25. The Morgan fingerprint density at radius 1 is 1.12 bits per heavy atom. The van der Waals surface area contributed by atoms with Gasteiger partial charge in [0, 0.05) is 6.54 Å². The van der Waals surface area contributed by atoms with Crippen LogP contribution in [-0.2, 0) is 0 Å². The number of methoxy groups -OCH3 is 1. The van der Waals surface area contributed by atoms with Crippen LogP contribution in [0.25, 0.3) is 5.69 Å². The third-order valence-electron chi connectivity index (χ3n) is 4.03. The summed E-state index contributed by atoms with van der Waals surface area (Å²) >= 11 is 0. The molecule has 25 heavy (non-hydrogen) atoms. The van der Waals surface area contributed by atoms with E-state index in [2.05, 4.69) is 31.8 Å². The highest BCUT2D eigenvalue weighted by Crippen LogP contribution is 2.23. The molecule has 1 heterocycles. The van der Waals surface area contributed by atoms with Gasteiger partial charge in [0.25, 0.3) is 0 Å². The Labute approximate surface area is 147 Å². The van der Waals surface area contributed by atoms with Crippen molar-refractivity contribution >= 4 is 5.95 Å². The number of para-hydroxylation sites is 1. The van der Waals surface area contributed by atoms with E-state index in [-0.39, 0.29) is 6.04 Å². The van der Waals surface area contributed by atoms with Gasteiger partial charge in [-0.2, -0.15) is 4.68 Å². The molecule has 0 aliphatic heterocycles. The van der Waals surface area contributed by atoms with Crippen LogP contribution in [0.3, 0.4) is 0 Å². The second-order valence-corrected chi connectivity index (χ2v) is 5.89. The van der Waals surface area contributed by atoms with Crippen molar-refractivity contribution in [3.8, 4) is 11.4 Å². The molecule has 7 heteroatoms. The number of anilines is 1. The average Bonchev–Trinajstić information content (AvgIpc) is 3.11. The van der Waals surface area contributed by atoms with Crippen LogP contribution in [0.15, 0.2) is 54.6 Å². The quantitative estimate of drug-likeness (QED) is 0.713. The molecular formula is C18H22N6O. The van der Waals surface area contributed by atoms with E-state index >= 15 is 0 Å². The fourth-order valence-electron chi connectivity index (χ4n) is 2.68. The molecule has 1 aromatic heterocycles. The Morgan fingerprint density at radius 3 is 2.64 bits per heavy atom. The molecule has 130 valence electrons. The Hall–Kier alpha value is -2.93. The molecule has 0 aliphatic carbocycles. The maximum Gasteiger partial charge on any atom is 0.247 e. The molecule has 0 radical (unpaired) electrons. The fraction of sp³-hybridized carbons (Fsp3) is 0.278. The minimum Gasteiger partial charge on any atom is -0.497 e. The number of benzene rings is 2. The van der Waals surface area contributed by atoms with Gasteiger partial charge >= 0.3 is 0 Å². The van der Waals surface area contributed by atoms with Crippen LogP contribution in [0.1, 0.15) is 11.6 Å². The summed E-state index contributed by atoms with van der Waals surface area (Å²) in [5, 5.41) is 15.3. The molecule has 3 aromatic rings. The third-order valence-corrected chi connectivity index (χ3v) is 4.03. The highest BCUT2D eigenvalue weighted by Gasteiger charge is 2.16. The zero-order valence-electron chi connectivity index (χ0n) is 14.6. The van der Waals surface area contributed by atoms with Crippen LogP contribution in [0.5, 0.6) is 5.75 Å². The normalized spacial score (nSPS) is 12.2. The first-order chi connectivity index (χ1) is 12.2. The number of hydrogen-bond acceptors (Lipinski definition) is 6. The molecule has 0 unspecified atom stereocenters. The lowest BCUT2D eigenvalue weighted by Crippen LogP contribution is -2.27. The van der Waals surface area contributed by atoms with Crippen LogP contribution in [0, 0.1) is 0 Å². The minimum atomic E-state index is 0.149. The van der Waals surface area contributed by atoms with Gasteiger partial charge in [-0.15, -0.1) is 0 Å². The van der Waals surface area contributed by atoms with Crippen molar-refractivity contribution in [1.82, 2.24) is 25.1 Å². The van der Waals surface area contributed by atoms with Gasteiger partial charge in [0.05, 0.1) is 18.8 Å². The minimum absolute atomic E-state index is 0.149. The van der Waals surface area contributed by atoms with Crippen LogP contribution in [0.4, 0.5) is 5.95 Å². The van der Waals surface area contributed by atoms with Gasteiger partial charge in [-0.25, -0.2) is 0 Å². The van der Waals surface area contributed by atoms with Gasteiger partial charge in [0.15, 0.2) is 0 Å². The zero-order chi connectivity index (χ0) is 17.6. The highest BCUT2D eigenvalue weighted by atomic mass is 16.5. The predicted octanol–water partition coefficient (Wildman–Crippen LogP) is 2.39. The van der Waals surface area contributed by atoms with E-state index in [0.717, 1.165) is 17.0 Å². The second kappa shape index (κ2) is 7.76.